The molecule has 0 aromatic carbocycles. The van der Waals surface area contributed by atoms with Crippen LogP contribution in [0.2, 0.25) is 0 Å². The lowest BCUT2D eigenvalue weighted by atomic mass is 9.72. The summed E-state index contributed by atoms with van der Waals surface area (Å²) in [4.78, 5) is 12.2. The molecule has 0 aliphatic heterocycles. The zero-order valence-electron chi connectivity index (χ0n) is 11.3. The van der Waals surface area contributed by atoms with E-state index in [4.69, 9.17) is 0 Å². The molecule has 0 bridgehead atoms. The van der Waals surface area contributed by atoms with Crippen molar-refractivity contribution < 1.29 is 4.79 Å². The van der Waals surface area contributed by atoms with Crippen LogP contribution in [0, 0.1) is 22.7 Å². The molecule has 0 radical (unpaired) electrons. The first-order valence-corrected chi connectivity index (χ1v) is 6.44. The minimum Gasteiger partial charge on any atom is -0.299 e. The molecule has 2 fully saturated rings. The van der Waals surface area contributed by atoms with Crippen LogP contribution in [0.4, 0.5) is 0 Å². The Balaban J connectivity index is 2.11. The molecule has 0 unspecified atom stereocenters. The van der Waals surface area contributed by atoms with E-state index in [2.05, 4.69) is 40.7 Å². The molecule has 16 heavy (non-hydrogen) atoms. The van der Waals surface area contributed by atoms with Gasteiger partial charge in [0.25, 0.3) is 0 Å². The maximum absolute atomic E-state index is 12.2. The summed E-state index contributed by atoms with van der Waals surface area (Å²) in [5.41, 5.74) is 1.68. The summed E-state index contributed by atoms with van der Waals surface area (Å²) < 4.78 is 0. The summed E-state index contributed by atoms with van der Waals surface area (Å²) in [5, 5.41) is 0. The molecular formula is C15H24O. The lowest BCUT2D eigenvalue weighted by molar-refractivity contribution is -0.130. The van der Waals surface area contributed by atoms with Crippen molar-refractivity contribution in [2.24, 2.45) is 22.7 Å². The second kappa shape index (κ2) is 3.45. The number of hydrogen-bond acceptors (Lipinski definition) is 1. The quantitative estimate of drug-likeness (QED) is 0.643. The lowest BCUT2D eigenvalue weighted by Gasteiger charge is -2.30. The van der Waals surface area contributed by atoms with Gasteiger partial charge in [-0.25, -0.2) is 0 Å². The molecule has 1 nitrogen and oxygen atoms in total. The maximum atomic E-state index is 12.2. The molecule has 2 saturated carbocycles. The summed E-state index contributed by atoms with van der Waals surface area (Å²) in [5.74, 6) is 1.97. The Hall–Kier alpha value is -0.590. The van der Waals surface area contributed by atoms with Gasteiger partial charge >= 0.3 is 0 Å². The number of fused-ring (bicyclic) bond motifs is 1. The lowest BCUT2D eigenvalue weighted by Crippen LogP contribution is -2.31. The van der Waals surface area contributed by atoms with Gasteiger partial charge in [-0.2, -0.15) is 0 Å². The summed E-state index contributed by atoms with van der Waals surface area (Å²) in [6, 6.07) is 0. The van der Waals surface area contributed by atoms with Gasteiger partial charge in [-0.05, 0) is 43.9 Å². The van der Waals surface area contributed by atoms with E-state index in [1.54, 1.807) is 0 Å². The second-order valence-electron chi connectivity index (χ2n) is 6.91. The third-order valence-corrected chi connectivity index (χ3v) is 5.00. The molecule has 1 heteroatoms. The molecular weight excluding hydrogens is 196 g/mol. The third kappa shape index (κ3) is 1.74. The van der Waals surface area contributed by atoms with Gasteiger partial charge in [0.05, 0.1) is 0 Å². The van der Waals surface area contributed by atoms with Crippen molar-refractivity contribution in [3.05, 3.63) is 11.6 Å². The van der Waals surface area contributed by atoms with E-state index < -0.39 is 0 Å². The van der Waals surface area contributed by atoms with E-state index in [1.807, 2.05) is 0 Å². The van der Waals surface area contributed by atoms with Gasteiger partial charge in [0.1, 0.15) is 5.78 Å². The highest BCUT2D eigenvalue weighted by Crippen LogP contribution is 2.67. The van der Waals surface area contributed by atoms with Crippen LogP contribution in [0.3, 0.4) is 0 Å². The van der Waals surface area contributed by atoms with Crippen LogP contribution in [0.5, 0.6) is 0 Å². The van der Waals surface area contributed by atoms with Crippen molar-refractivity contribution in [1.29, 1.82) is 0 Å². The van der Waals surface area contributed by atoms with E-state index in [0.29, 0.717) is 17.1 Å². The number of carbonyl (C=O) groups excluding carboxylic acids is 1. The van der Waals surface area contributed by atoms with Crippen LogP contribution >= 0.6 is 0 Å². The Labute approximate surface area is 99.3 Å². The summed E-state index contributed by atoms with van der Waals surface area (Å²) in [6.45, 7) is 11.0. The van der Waals surface area contributed by atoms with Crippen LogP contribution in [0.1, 0.15) is 53.9 Å². The first kappa shape index (κ1) is 11.9. The van der Waals surface area contributed by atoms with E-state index in [-0.39, 0.29) is 5.41 Å². The first-order valence-electron chi connectivity index (χ1n) is 6.44. The Bertz CT molecular complexity index is 346. The highest BCUT2D eigenvalue weighted by Gasteiger charge is 2.63. The molecule has 0 heterocycles. The largest absolute Gasteiger partial charge is 0.299 e. The third-order valence-electron chi connectivity index (χ3n) is 5.00. The molecule has 0 N–H and O–H groups in total. The molecule has 0 aromatic heterocycles. The number of allylic oxidation sites excluding steroid dienone is 2. The second-order valence-corrected chi connectivity index (χ2v) is 6.91. The topological polar surface area (TPSA) is 17.1 Å². The SMILES string of the molecule is CC(C)=CC[C@]1(C)C[C@@H]2[C@@H](CC1=O)C2(C)C. The fourth-order valence-electron chi connectivity index (χ4n) is 3.34. The molecule has 3 atom stereocenters. The molecule has 0 spiro atoms. The van der Waals surface area contributed by atoms with E-state index in [9.17, 15) is 4.79 Å². The van der Waals surface area contributed by atoms with Crippen molar-refractivity contribution in [2.45, 2.75) is 53.9 Å². The molecule has 0 saturated heterocycles. The van der Waals surface area contributed by atoms with Crippen LogP contribution in [0.25, 0.3) is 0 Å². The molecule has 2 aliphatic carbocycles. The normalized spacial score (nSPS) is 40.2. The number of Topliss-reactive ketones (excluding diaryl/α,β-unsaturated/α-hetero) is 1. The molecule has 90 valence electrons. The smallest absolute Gasteiger partial charge is 0.139 e. The standard InChI is InChI=1S/C15H24O/c1-10(2)6-7-15(5)9-12-11(8-13(15)16)14(12,3)4/h6,11-12H,7-9H2,1-5H3/t11-,12-,15-/m1/s1. The Morgan fingerprint density at radius 1 is 1.31 bits per heavy atom. The Morgan fingerprint density at radius 3 is 2.50 bits per heavy atom. The molecule has 0 amide bonds. The van der Waals surface area contributed by atoms with Gasteiger partial charge in [0.15, 0.2) is 0 Å². The summed E-state index contributed by atoms with van der Waals surface area (Å²) in [7, 11) is 0. The van der Waals surface area contributed by atoms with Gasteiger partial charge in [-0.1, -0.05) is 32.4 Å². The van der Waals surface area contributed by atoms with Crippen LogP contribution in [-0.2, 0) is 4.79 Å². The van der Waals surface area contributed by atoms with Crippen LogP contribution in [-0.4, -0.2) is 5.78 Å². The van der Waals surface area contributed by atoms with Crippen molar-refractivity contribution in [1.82, 2.24) is 0 Å². The number of carbonyl (C=O) groups is 1. The first-order chi connectivity index (χ1) is 7.27. The monoisotopic (exact) mass is 220 g/mol. The average Bonchev–Trinajstić information content (AvgIpc) is 2.66. The predicted molar refractivity (Wildman–Crippen MR) is 67.2 cm³/mol. The van der Waals surface area contributed by atoms with Gasteiger partial charge in [0.2, 0.25) is 0 Å². The number of hydrogen-bond donors (Lipinski definition) is 0. The van der Waals surface area contributed by atoms with Crippen molar-refractivity contribution in [3.8, 4) is 0 Å². The molecule has 0 aromatic rings. The van der Waals surface area contributed by atoms with Crippen molar-refractivity contribution in [2.75, 3.05) is 0 Å². The highest BCUT2D eigenvalue weighted by atomic mass is 16.1. The highest BCUT2D eigenvalue weighted by molar-refractivity contribution is 5.86. The maximum Gasteiger partial charge on any atom is 0.139 e. The van der Waals surface area contributed by atoms with Gasteiger partial charge < -0.3 is 0 Å². The van der Waals surface area contributed by atoms with Crippen LogP contribution < -0.4 is 0 Å². The fraction of sp³-hybridized carbons (Fsp3) is 0.800. The van der Waals surface area contributed by atoms with Gasteiger partial charge in [-0.15, -0.1) is 0 Å². The van der Waals surface area contributed by atoms with Crippen LogP contribution in [0.15, 0.2) is 11.6 Å². The minimum absolute atomic E-state index is 0.0772. The number of ketones is 1. The van der Waals surface area contributed by atoms with Crippen molar-refractivity contribution >= 4 is 5.78 Å². The number of rotatable bonds is 2. The van der Waals surface area contributed by atoms with E-state index in [1.165, 1.54) is 5.57 Å². The molecule has 2 rings (SSSR count). The Morgan fingerprint density at radius 2 is 1.94 bits per heavy atom. The summed E-state index contributed by atoms with van der Waals surface area (Å²) in [6.07, 6.45) is 5.10. The fourth-order valence-corrected chi connectivity index (χ4v) is 3.34. The predicted octanol–water partition coefficient (Wildman–Crippen LogP) is 3.98. The average molecular weight is 220 g/mol. The van der Waals surface area contributed by atoms with E-state index >= 15 is 0 Å². The minimum atomic E-state index is -0.0772. The zero-order chi connectivity index (χ0) is 12.1. The van der Waals surface area contributed by atoms with Crippen molar-refractivity contribution in [3.63, 3.8) is 0 Å². The van der Waals surface area contributed by atoms with E-state index in [0.717, 1.165) is 25.2 Å². The summed E-state index contributed by atoms with van der Waals surface area (Å²) >= 11 is 0. The molecule has 2 aliphatic rings. The van der Waals surface area contributed by atoms with Gasteiger partial charge in [0, 0.05) is 11.8 Å². The van der Waals surface area contributed by atoms with Gasteiger partial charge in [-0.3, -0.25) is 4.79 Å². The Kier molecular flexibility index (Phi) is 2.56. The zero-order valence-corrected chi connectivity index (χ0v) is 11.3.